The van der Waals surface area contributed by atoms with E-state index in [4.69, 9.17) is 4.74 Å². The van der Waals surface area contributed by atoms with Gasteiger partial charge in [0.25, 0.3) is 5.91 Å². The molecule has 3 heterocycles. The summed E-state index contributed by atoms with van der Waals surface area (Å²) < 4.78 is 33.5. The van der Waals surface area contributed by atoms with Gasteiger partial charge in [0.1, 0.15) is 0 Å². The van der Waals surface area contributed by atoms with Crippen molar-refractivity contribution in [3.8, 4) is 0 Å². The van der Waals surface area contributed by atoms with Gasteiger partial charge in [-0.3, -0.25) is 4.79 Å². The first-order valence-electron chi connectivity index (χ1n) is 11.6. The van der Waals surface area contributed by atoms with Gasteiger partial charge in [-0.25, -0.2) is 8.42 Å². The largest absolute Gasteiger partial charge is 0.379 e. The summed E-state index contributed by atoms with van der Waals surface area (Å²) in [7, 11) is -3.70. The number of para-hydroxylation sites is 1. The van der Waals surface area contributed by atoms with Gasteiger partial charge in [0.15, 0.2) is 0 Å². The lowest BCUT2D eigenvalue weighted by molar-refractivity contribution is 0.0730. The molecule has 9 heteroatoms. The van der Waals surface area contributed by atoms with Crippen molar-refractivity contribution in [2.75, 3.05) is 61.5 Å². The number of sulfonamides is 1. The lowest BCUT2D eigenvalue weighted by atomic mass is 10.1. The quantitative estimate of drug-likeness (QED) is 0.658. The van der Waals surface area contributed by atoms with Gasteiger partial charge in [-0.15, -0.1) is 11.8 Å². The highest BCUT2D eigenvalue weighted by Gasteiger charge is 2.31. The Morgan fingerprint density at radius 2 is 1.64 bits per heavy atom. The van der Waals surface area contributed by atoms with Gasteiger partial charge in [-0.05, 0) is 55.3 Å². The second-order valence-electron chi connectivity index (χ2n) is 8.52. The molecule has 33 heavy (non-hydrogen) atoms. The number of thioether (sulfide) groups is 1. The zero-order valence-electron chi connectivity index (χ0n) is 18.6. The highest BCUT2D eigenvalue weighted by Crippen LogP contribution is 2.36. The molecular weight excluding hydrogens is 458 g/mol. The molecule has 0 aromatic heterocycles. The second kappa shape index (κ2) is 9.66. The van der Waals surface area contributed by atoms with Crippen LogP contribution in [0.1, 0.15) is 29.6 Å². The normalized spacial score (nSPS) is 19.9. The van der Waals surface area contributed by atoms with Crippen LogP contribution >= 0.6 is 11.8 Å². The number of fused-ring (bicyclic) bond motifs is 1. The molecule has 176 valence electrons. The molecule has 2 aromatic rings. The van der Waals surface area contributed by atoms with E-state index in [1.165, 1.54) is 4.31 Å². The molecule has 5 rings (SSSR count). The molecule has 0 aliphatic carbocycles. The molecule has 0 saturated carbocycles. The number of amides is 1. The predicted molar refractivity (Wildman–Crippen MR) is 131 cm³/mol. The Balaban J connectivity index is 1.57. The molecule has 0 atom stereocenters. The molecule has 0 N–H and O–H groups in total. The zero-order chi connectivity index (χ0) is 22.8. The molecule has 2 saturated heterocycles. The maximum Gasteiger partial charge on any atom is 0.260 e. The van der Waals surface area contributed by atoms with Crippen molar-refractivity contribution < 1.29 is 17.9 Å². The number of nitrogens with zero attached hydrogens (tertiary/aromatic N) is 3. The first-order chi connectivity index (χ1) is 16.1. The van der Waals surface area contributed by atoms with Gasteiger partial charge in [-0.2, -0.15) is 4.31 Å². The van der Waals surface area contributed by atoms with Crippen molar-refractivity contribution >= 4 is 39.1 Å². The summed E-state index contributed by atoms with van der Waals surface area (Å²) in [5.41, 5.74) is 2.19. The minimum absolute atomic E-state index is 0.133. The topological polar surface area (TPSA) is 70.2 Å². The Labute approximate surface area is 199 Å². The number of carbonyl (C=O) groups excluding carboxylic acids is 1. The van der Waals surface area contributed by atoms with E-state index in [1.807, 2.05) is 35.2 Å². The molecular formula is C24H29N3O4S2. The first kappa shape index (κ1) is 22.7. The molecule has 0 spiro atoms. The van der Waals surface area contributed by atoms with E-state index in [1.54, 1.807) is 23.9 Å². The summed E-state index contributed by atoms with van der Waals surface area (Å²) in [5, 5.41) is 0. The number of benzene rings is 2. The summed E-state index contributed by atoms with van der Waals surface area (Å²) in [6.07, 6.45) is 3.03. The molecule has 3 aliphatic rings. The molecule has 1 amide bonds. The van der Waals surface area contributed by atoms with Crippen LogP contribution in [-0.4, -0.2) is 70.3 Å². The Morgan fingerprint density at radius 1 is 0.879 bits per heavy atom. The van der Waals surface area contributed by atoms with Crippen molar-refractivity contribution in [2.24, 2.45) is 0 Å². The lowest BCUT2D eigenvalue weighted by Crippen LogP contribution is -2.40. The fourth-order valence-electron chi connectivity index (χ4n) is 4.70. The minimum Gasteiger partial charge on any atom is -0.379 e. The number of morpholine rings is 1. The van der Waals surface area contributed by atoms with Crippen LogP contribution in [-0.2, 0) is 14.8 Å². The van der Waals surface area contributed by atoms with Crippen LogP contribution in [0.5, 0.6) is 0 Å². The van der Waals surface area contributed by atoms with Gasteiger partial charge in [0.2, 0.25) is 10.0 Å². The van der Waals surface area contributed by atoms with Gasteiger partial charge in [-0.1, -0.05) is 12.1 Å². The van der Waals surface area contributed by atoms with Gasteiger partial charge >= 0.3 is 0 Å². The third kappa shape index (κ3) is 4.51. The molecule has 0 bridgehead atoms. The number of ether oxygens (including phenoxy) is 1. The average molecular weight is 488 g/mol. The SMILES string of the molecule is O=C(c1cc(S(=O)(=O)N2CCOCC2)ccc1N1CCCC1)N1CCCSc2ccccc21. The molecule has 3 aliphatic heterocycles. The number of hydrogen-bond acceptors (Lipinski definition) is 6. The average Bonchev–Trinajstić information content (AvgIpc) is 3.30. The molecule has 7 nitrogen and oxygen atoms in total. The smallest absolute Gasteiger partial charge is 0.260 e. The third-order valence-electron chi connectivity index (χ3n) is 6.44. The van der Waals surface area contributed by atoms with Crippen molar-refractivity contribution in [1.29, 1.82) is 0 Å². The summed E-state index contributed by atoms with van der Waals surface area (Å²) in [6.45, 7) is 3.80. The highest BCUT2D eigenvalue weighted by atomic mass is 32.2. The number of anilines is 2. The van der Waals surface area contributed by atoms with Gasteiger partial charge < -0.3 is 14.5 Å². The molecule has 2 aromatic carbocycles. The van der Waals surface area contributed by atoms with Crippen molar-refractivity contribution in [1.82, 2.24) is 4.31 Å². The Hall–Kier alpha value is -2.07. The van der Waals surface area contributed by atoms with Gasteiger partial charge in [0.05, 0.1) is 29.4 Å². The van der Waals surface area contributed by atoms with Crippen LogP contribution in [0.2, 0.25) is 0 Å². The lowest BCUT2D eigenvalue weighted by Gasteiger charge is -2.29. The van der Waals surface area contributed by atoms with Crippen molar-refractivity contribution in [3.63, 3.8) is 0 Å². The second-order valence-corrected chi connectivity index (χ2v) is 11.6. The van der Waals surface area contributed by atoms with Crippen LogP contribution in [0.25, 0.3) is 0 Å². The number of hydrogen-bond donors (Lipinski definition) is 0. The molecule has 0 unspecified atom stereocenters. The number of carbonyl (C=O) groups is 1. The fourth-order valence-corrected chi connectivity index (χ4v) is 7.13. The predicted octanol–water partition coefficient (Wildman–Crippen LogP) is 3.45. The fraction of sp³-hybridized carbons (Fsp3) is 0.458. The minimum atomic E-state index is -3.70. The summed E-state index contributed by atoms with van der Waals surface area (Å²) in [6, 6.07) is 13.0. The van der Waals surface area contributed by atoms with E-state index in [9.17, 15) is 13.2 Å². The highest BCUT2D eigenvalue weighted by molar-refractivity contribution is 7.99. The van der Waals surface area contributed by atoms with Crippen LogP contribution in [0.3, 0.4) is 0 Å². The van der Waals surface area contributed by atoms with E-state index in [-0.39, 0.29) is 10.8 Å². The zero-order valence-corrected chi connectivity index (χ0v) is 20.2. The van der Waals surface area contributed by atoms with Crippen LogP contribution < -0.4 is 9.80 Å². The standard InChI is InChI=1S/C24H29N3O4S2/c28-24(27-12-5-17-32-23-7-2-1-6-22(23)27)20-18-19(8-9-21(20)25-10-3-4-11-25)33(29,30)26-13-15-31-16-14-26/h1-2,6-9,18H,3-5,10-17H2. The van der Waals surface area contributed by atoms with E-state index in [2.05, 4.69) is 4.90 Å². The van der Waals surface area contributed by atoms with E-state index in [0.717, 1.165) is 54.4 Å². The van der Waals surface area contributed by atoms with E-state index >= 15 is 0 Å². The van der Waals surface area contributed by atoms with Crippen molar-refractivity contribution in [3.05, 3.63) is 48.0 Å². The Bertz CT molecular complexity index is 1130. The van der Waals surface area contributed by atoms with Crippen LogP contribution in [0.4, 0.5) is 11.4 Å². The molecule has 0 radical (unpaired) electrons. The summed E-state index contributed by atoms with van der Waals surface area (Å²) >= 11 is 1.76. The molecule has 2 fully saturated rings. The Morgan fingerprint density at radius 3 is 2.42 bits per heavy atom. The Kier molecular flexibility index (Phi) is 6.65. The van der Waals surface area contributed by atoms with Crippen molar-refractivity contribution in [2.45, 2.75) is 29.1 Å². The summed E-state index contributed by atoms with van der Waals surface area (Å²) in [4.78, 5) is 19.3. The third-order valence-corrected chi connectivity index (χ3v) is 9.48. The summed E-state index contributed by atoms with van der Waals surface area (Å²) in [5.74, 6) is 0.816. The monoisotopic (exact) mass is 487 g/mol. The van der Waals surface area contributed by atoms with E-state index < -0.39 is 10.0 Å². The first-order valence-corrected chi connectivity index (χ1v) is 14.0. The van der Waals surface area contributed by atoms with Gasteiger partial charge in [0, 0.05) is 43.3 Å². The maximum atomic E-state index is 14.0. The maximum absolute atomic E-state index is 14.0. The van der Waals surface area contributed by atoms with Crippen LogP contribution in [0, 0.1) is 0 Å². The van der Waals surface area contributed by atoms with E-state index in [0.29, 0.717) is 38.4 Å². The van der Waals surface area contributed by atoms with Crippen LogP contribution in [0.15, 0.2) is 52.3 Å². The number of rotatable bonds is 4.